The summed E-state index contributed by atoms with van der Waals surface area (Å²) in [5.41, 5.74) is 3.67. The van der Waals surface area contributed by atoms with Gasteiger partial charge in [-0.3, -0.25) is 9.69 Å². The molecule has 0 atom stereocenters. The number of hydrogen-bond acceptors (Lipinski definition) is 6. The number of aryl methyl sites for hydroxylation is 2. The largest absolute Gasteiger partial charge is 0.379 e. The van der Waals surface area contributed by atoms with Gasteiger partial charge in [-0.2, -0.15) is 0 Å². The lowest BCUT2D eigenvalue weighted by atomic mass is 10.1. The normalized spacial score (nSPS) is 14.8. The summed E-state index contributed by atoms with van der Waals surface area (Å²) in [7, 11) is 0. The Morgan fingerprint density at radius 1 is 1.19 bits per heavy atom. The zero-order chi connectivity index (χ0) is 18.4. The molecule has 2 heterocycles. The quantitative estimate of drug-likeness (QED) is 0.824. The number of anilines is 2. The number of morpholine rings is 1. The van der Waals surface area contributed by atoms with Gasteiger partial charge in [-0.1, -0.05) is 6.07 Å². The minimum atomic E-state index is -0.191. The highest BCUT2D eigenvalue weighted by Gasteiger charge is 2.12. The van der Waals surface area contributed by atoms with E-state index in [4.69, 9.17) is 4.74 Å². The van der Waals surface area contributed by atoms with Crippen LogP contribution in [0.5, 0.6) is 0 Å². The Kier molecular flexibility index (Phi) is 6.14. The first-order chi connectivity index (χ1) is 12.6. The van der Waals surface area contributed by atoms with Gasteiger partial charge in [0.25, 0.3) is 5.91 Å². The van der Waals surface area contributed by atoms with Crippen LogP contribution in [-0.2, 0) is 4.74 Å². The molecular formula is C19H25N5O2. The van der Waals surface area contributed by atoms with Crippen molar-refractivity contribution in [2.45, 2.75) is 13.8 Å². The monoisotopic (exact) mass is 355 g/mol. The average molecular weight is 355 g/mol. The minimum absolute atomic E-state index is 0.191. The van der Waals surface area contributed by atoms with Crippen LogP contribution in [0.4, 0.5) is 11.6 Å². The van der Waals surface area contributed by atoms with Crippen molar-refractivity contribution in [2.24, 2.45) is 0 Å². The van der Waals surface area contributed by atoms with Crippen LogP contribution >= 0.6 is 0 Å². The average Bonchev–Trinajstić information content (AvgIpc) is 2.66. The van der Waals surface area contributed by atoms with Crippen LogP contribution in [-0.4, -0.2) is 60.2 Å². The number of carbonyl (C=O) groups excluding carboxylic acids is 1. The van der Waals surface area contributed by atoms with E-state index >= 15 is 0 Å². The van der Waals surface area contributed by atoms with E-state index in [0.29, 0.717) is 18.2 Å². The predicted octanol–water partition coefficient (Wildman–Crippen LogP) is 1.90. The van der Waals surface area contributed by atoms with E-state index in [9.17, 15) is 4.79 Å². The second kappa shape index (κ2) is 8.73. The van der Waals surface area contributed by atoms with Gasteiger partial charge < -0.3 is 15.4 Å². The van der Waals surface area contributed by atoms with Gasteiger partial charge in [0.05, 0.1) is 13.2 Å². The Morgan fingerprint density at radius 2 is 2.00 bits per heavy atom. The number of nitrogens with one attached hydrogen (secondary N) is 2. The van der Waals surface area contributed by atoms with Gasteiger partial charge in [0.2, 0.25) is 5.95 Å². The third-order valence-corrected chi connectivity index (χ3v) is 4.47. The van der Waals surface area contributed by atoms with Crippen LogP contribution in [0.25, 0.3) is 0 Å². The molecule has 1 aliphatic rings. The summed E-state index contributed by atoms with van der Waals surface area (Å²) in [6.07, 6.45) is 1.59. The van der Waals surface area contributed by atoms with Gasteiger partial charge >= 0.3 is 0 Å². The number of rotatable bonds is 6. The fourth-order valence-corrected chi connectivity index (χ4v) is 2.74. The van der Waals surface area contributed by atoms with E-state index < -0.39 is 0 Å². The van der Waals surface area contributed by atoms with E-state index in [1.807, 2.05) is 18.2 Å². The Balaban J connectivity index is 1.55. The summed E-state index contributed by atoms with van der Waals surface area (Å²) in [6.45, 7) is 8.86. The molecule has 0 spiro atoms. The standard InChI is InChI=1S/C19H25N5O2/c1-14-3-4-16(13-15(14)2)22-19-21-6-5-17(23-19)18(25)20-7-8-24-9-11-26-12-10-24/h3-6,13H,7-12H2,1-2H3,(H,20,25)(H,21,22,23). The highest BCUT2D eigenvalue weighted by molar-refractivity contribution is 5.92. The second-order valence-corrected chi connectivity index (χ2v) is 6.40. The number of hydrogen-bond donors (Lipinski definition) is 2. The van der Waals surface area contributed by atoms with Crippen LogP contribution < -0.4 is 10.6 Å². The topological polar surface area (TPSA) is 79.4 Å². The van der Waals surface area contributed by atoms with Gasteiger partial charge in [-0.25, -0.2) is 9.97 Å². The molecular weight excluding hydrogens is 330 g/mol. The number of amides is 1. The van der Waals surface area contributed by atoms with Gasteiger partial charge in [0.1, 0.15) is 5.69 Å². The molecule has 1 aromatic carbocycles. The van der Waals surface area contributed by atoms with Gasteiger partial charge in [0, 0.05) is 38.1 Å². The van der Waals surface area contributed by atoms with Crippen molar-refractivity contribution in [3.63, 3.8) is 0 Å². The van der Waals surface area contributed by atoms with E-state index in [1.165, 1.54) is 11.1 Å². The number of carbonyl (C=O) groups is 1. The van der Waals surface area contributed by atoms with Crippen LogP contribution in [0.1, 0.15) is 21.6 Å². The van der Waals surface area contributed by atoms with Crippen molar-refractivity contribution in [2.75, 3.05) is 44.7 Å². The van der Waals surface area contributed by atoms with Crippen molar-refractivity contribution in [1.29, 1.82) is 0 Å². The number of aromatic nitrogens is 2. The number of ether oxygens (including phenoxy) is 1. The van der Waals surface area contributed by atoms with Crippen molar-refractivity contribution in [1.82, 2.24) is 20.2 Å². The molecule has 0 bridgehead atoms. The number of nitrogens with zero attached hydrogens (tertiary/aromatic N) is 3. The maximum atomic E-state index is 12.3. The summed E-state index contributed by atoms with van der Waals surface area (Å²) in [5.74, 6) is 0.220. The molecule has 26 heavy (non-hydrogen) atoms. The Hall–Kier alpha value is -2.51. The van der Waals surface area contributed by atoms with Crippen molar-refractivity contribution in [3.05, 3.63) is 47.3 Å². The lowest BCUT2D eigenvalue weighted by molar-refractivity contribution is 0.0383. The van der Waals surface area contributed by atoms with E-state index in [-0.39, 0.29) is 5.91 Å². The fraction of sp³-hybridized carbons (Fsp3) is 0.421. The van der Waals surface area contributed by atoms with Crippen LogP contribution in [0.2, 0.25) is 0 Å². The molecule has 0 radical (unpaired) electrons. The van der Waals surface area contributed by atoms with Crippen molar-refractivity contribution in [3.8, 4) is 0 Å². The third kappa shape index (κ3) is 5.00. The molecule has 2 aromatic rings. The Bertz CT molecular complexity index is 759. The minimum Gasteiger partial charge on any atom is -0.379 e. The molecule has 1 amide bonds. The zero-order valence-electron chi connectivity index (χ0n) is 15.3. The second-order valence-electron chi connectivity index (χ2n) is 6.40. The molecule has 1 aliphatic heterocycles. The van der Waals surface area contributed by atoms with E-state index in [0.717, 1.165) is 38.5 Å². The summed E-state index contributed by atoms with van der Waals surface area (Å²) >= 11 is 0. The third-order valence-electron chi connectivity index (χ3n) is 4.47. The maximum absolute atomic E-state index is 12.3. The zero-order valence-corrected chi connectivity index (χ0v) is 15.3. The molecule has 7 heteroatoms. The molecule has 3 rings (SSSR count). The summed E-state index contributed by atoms with van der Waals surface area (Å²) in [6, 6.07) is 7.67. The Labute approximate surface area is 153 Å². The maximum Gasteiger partial charge on any atom is 0.270 e. The van der Waals surface area contributed by atoms with Crippen molar-refractivity contribution >= 4 is 17.5 Å². The lowest BCUT2D eigenvalue weighted by Gasteiger charge is -2.26. The van der Waals surface area contributed by atoms with Gasteiger partial charge in [-0.15, -0.1) is 0 Å². The molecule has 7 nitrogen and oxygen atoms in total. The highest BCUT2D eigenvalue weighted by atomic mass is 16.5. The molecule has 138 valence electrons. The van der Waals surface area contributed by atoms with E-state index in [2.05, 4.69) is 39.3 Å². The number of benzene rings is 1. The van der Waals surface area contributed by atoms with Crippen LogP contribution in [0, 0.1) is 13.8 Å². The smallest absolute Gasteiger partial charge is 0.270 e. The molecule has 0 unspecified atom stereocenters. The fourth-order valence-electron chi connectivity index (χ4n) is 2.74. The summed E-state index contributed by atoms with van der Waals surface area (Å²) in [4.78, 5) is 23.1. The SMILES string of the molecule is Cc1ccc(Nc2nccc(C(=O)NCCN3CCOCC3)n2)cc1C. The first-order valence-electron chi connectivity index (χ1n) is 8.87. The predicted molar refractivity (Wildman–Crippen MR) is 101 cm³/mol. The molecule has 1 saturated heterocycles. The van der Waals surface area contributed by atoms with Crippen LogP contribution in [0.15, 0.2) is 30.5 Å². The summed E-state index contributed by atoms with van der Waals surface area (Å²) < 4.78 is 5.32. The van der Waals surface area contributed by atoms with E-state index in [1.54, 1.807) is 12.3 Å². The first kappa shape index (κ1) is 18.3. The molecule has 1 fully saturated rings. The van der Waals surface area contributed by atoms with Gasteiger partial charge in [-0.05, 0) is 43.2 Å². The molecule has 2 N–H and O–H groups in total. The summed E-state index contributed by atoms with van der Waals surface area (Å²) in [5, 5.41) is 6.07. The molecule has 1 aromatic heterocycles. The lowest BCUT2D eigenvalue weighted by Crippen LogP contribution is -2.41. The van der Waals surface area contributed by atoms with Crippen LogP contribution in [0.3, 0.4) is 0 Å². The first-order valence-corrected chi connectivity index (χ1v) is 8.87. The molecule has 0 aliphatic carbocycles. The molecule has 0 saturated carbocycles. The van der Waals surface area contributed by atoms with Gasteiger partial charge in [0.15, 0.2) is 0 Å². The Morgan fingerprint density at radius 3 is 2.77 bits per heavy atom. The van der Waals surface area contributed by atoms with Crippen molar-refractivity contribution < 1.29 is 9.53 Å². The highest BCUT2D eigenvalue weighted by Crippen LogP contribution is 2.17.